The van der Waals surface area contributed by atoms with E-state index in [1.54, 1.807) is 16.8 Å². The highest BCUT2D eigenvalue weighted by atomic mass is 32.1. The second-order valence-corrected chi connectivity index (χ2v) is 4.34. The Morgan fingerprint density at radius 1 is 1.53 bits per heavy atom. The van der Waals surface area contributed by atoms with Crippen LogP contribution >= 0.6 is 11.3 Å². The predicted molar refractivity (Wildman–Crippen MR) is 61.2 cm³/mol. The van der Waals surface area contributed by atoms with Crippen molar-refractivity contribution in [3.8, 4) is 0 Å². The van der Waals surface area contributed by atoms with E-state index in [0.29, 0.717) is 18.5 Å². The summed E-state index contributed by atoms with van der Waals surface area (Å²) in [5.74, 6) is -0.984. The van der Waals surface area contributed by atoms with Gasteiger partial charge in [-0.3, -0.25) is 4.79 Å². The van der Waals surface area contributed by atoms with Crippen molar-refractivity contribution in [1.29, 1.82) is 0 Å². The van der Waals surface area contributed by atoms with Crippen LogP contribution in [0.2, 0.25) is 0 Å². The van der Waals surface area contributed by atoms with Gasteiger partial charge in [0.25, 0.3) is 12.3 Å². The van der Waals surface area contributed by atoms with Crippen molar-refractivity contribution in [3.63, 3.8) is 0 Å². The SMILES string of the molecule is O=C(Nc1ccsc1)C1=C(C(F)F)OCCC1. The third-order valence-corrected chi connectivity index (χ3v) is 3.06. The molecule has 0 fully saturated rings. The minimum absolute atomic E-state index is 0.0532. The first-order valence-electron chi connectivity index (χ1n) is 5.16. The highest BCUT2D eigenvalue weighted by Crippen LogP contribution is 2.25. The molecule has 2 heterocycles. The number of carbonyl (C=O) groups is 1. The number of halogens is 2. The summed E-state index contributed by atoms with van der Waals surface area (Å²) in [6, 6.07) is 1.72. The van der Waals surface area contributed by atoms with Crippen molar-refractivity contribution in [3.05, 3.63) is 28.2 Å². The number of anilines is 1. The monoisotopic (exact) mass is 259 g/mol. The Balaban J connectivity index is 2.16. The number of allylic oxidation sites excluding steroid dienone is 1. The van der Waals surface area contributed by atoms with Crippen molar-refractivity contribution >= 4 is 22.9 Å². The third-order valence-electron chi connectivity index (χ3n) is 2.38. The quantitative estimate of drug-likeness (QED) is 0.906. The van der Waals surface area contributed by atoms with Gasteiger partial charge in [0.1, 0.15) is 0 Å². The molecule has 2 rings (SSSR count). The van der Waals surface area contributed by atoms with Gasteiger partial charge in [-0.05, 0) is 24.3 Å². The van der Waals surface area contributed by atoms with E-state index in [-0.39, 0.29) is 12.2 Å². The summed E-state index contributed by atoms with van der Waals surface area (Å²) in [5, 5.41) is 6.12. The van der Waals surface area contributed by atoms with Crippen molar-refractivity contribution in [2.75, 3.05) is 11.9 Å². The lowest BCUT2D eigenvalue weighted by Gasteiger charge is -2.20. The van der Waals surface area contributed by atoms with Gasteiger partial charge in [0, 0.05) is 5.38 Å². The number of alkyl halides is 2. The Bertz CT molecular complexity index is 429. The maximum atomic E-state index is 12.6. The first kappa shape index (κ1) is 12.0. The van der Waals surface area contributed by atoms with Crippen LogP contribution in [0.4, 0.5) is 14.5 Å². The molecule has 1 aliphatic heterocycles. The predicted octanol–water partition coefficient (Wildman–Crippen LogP) is 3.02. The topological polar surface area (TPSA) is 38.3 Å². The standard InChI is InChI=1S/C11H11F2NO2S/c12-10(13)9-8(2-1-4-16-9)11(15)14-7-3-5-17-6-7/h3,5-6,10H,1-2,4H2,(H,14,15). The molecule has 1 aromatic rings. The van der Waals surface area contributed by atoms with E-state index in [0.717, 1.165) is 0 Å². The fourth-order valence-electron chi connectivity index (χ4n) is 1.60. The lowest BCUT2D eigenvalue weighted by molar-refractivity contribution is -0.113. The van der Waals surface area contributed by atoms with E-state index in [1.807, 2.05) is 0 Å². The zero-order chi connectivity index (χ0) is 12.3. The van der Waals surface area contributed by atoms with Gasteiger partial charge < -0.3 is 10.1 Å². The normalized spacial score (nSPS) is 15.9. The molecule has 0 atom stereocenters. The summed E-state index contributed by atoms with van der Waals surface area (Å²) in [4.78, 5) is 11.8. The molecular formula is C11H11F2NO2S. The van der Waals surface area contributed by atoms with Crippen LogP contribution in [0.25, 0.3) is 0 Å². The number of thiophene rings is 1. The fraction of sp³-hybridized carbons (Fsp3) is 0.364. The zero-order valence-corrected chi connectivity index (χ0v) is 9.73. The molecule has 1 aromatic heterocycles. The second-order valence-electron chi connectivity index (χ2n) is 3.56. The molecule has 92 valence electrons. The minimum atomic E-state index is -2.74. The van der Waals surface area contributed by atoms with Crippen LogP contribution in [0, 0.1) is 0 Å². The average molecular weight is 259 g/mol. The van der Waals surface area contributed by atoms with Crippen LogP contribution in [-0.2, 0) is 9.53 Å². The van der Waals surface area contributed by atoms with E-state index in [4.69, 9.17) is 4.74 Å². The molecule has 1 N–H and O–H groups in total. The molecule has 17 heavy (non-hydrogen) atoms. The number of hydrogen-bond donors (Lipinski definition) is 1. The summed E-state index contributed by atoms with van der Waals surface area (Å²) in [6.45, 7) is 0.245. The second kappa shape index (κ2) is 5.27. The van der Waals surface area contributed by atoms with E-state index in [2.05, 4.69) is 5.32 Å². The summed E-state index contributed by atoms with van der Waals surface area (Å²) >= 11 is 1.43. The summed E-state index contributed by atoms with van der Waals surface area (Å²) in [6.07, 6.45) is -1.82. The molecule has 1 aliphatic rings. The van der Waals surface area contributed by atoms with Crippen molar-refractivity contribution in [1.82, 2.24) is 0 Å². The molecule has 1 amide bonds. The summed E-state index contributed by atoms with van der Waals surface area (Å²) in [5.41, 5.74) is 0.670. The van der Waals surface area contributed by atoms with Crippen LogP contribution in [0.15, 0.2) is 28.2 Å². The van der Waals surface area contributed by atoms with Crippen LogP contribution < -0.4 is 5.32 Å². The number of hydrogen-bond acceptors (Lipinski definition) is 3. The van der Waals surface area contributed by atoms with Crippen LogP contribution in [-0.4, -0.2) is 18.9 Å². The number of carbonyl (C=O) groups excluding carboxylic acids is 1. The number of amides is 1. The molecule has 0 saturated heterocycles. The molecule has 0 spiro atoms. The van der Waals surface area contributed by atoms with E-state index in [9.17, 15) is 13.6 Å². The van der Waals surface area contributed by atoms with Gasteiger partial charge in [-0.25, -0.2) is 8.78 Å². The van der Waals surface area contributed by atoms with Gasteiger partial charge in [-0.15, -0.1) is 0 Å². The molecule has 0 saturated carbocycles. The molecule has 0 bridgehead atoms. The van der Waals surface area contributed by atoms with E-state index >= 15 is 0 Å². The lowest BCUT2D eigenvalue weighted by Crippen LogP contribution is -2.22. The van der Waals surface area contributed by atoms with Gasteiger partial charge in [0.15, 0.2) is 5.76 Å². The maximum Gasteiger partial charge on any atom is 0.295 e. The molecule has 3 nitrogen and oxygen atoms in total. The molecule has 0 unspecified atom stereocenters. The Morgan fingerprint density at radius 3 is 3.00 bits per heavy atom. The fourth-order valence-corrected chi connectivity index (χ4v) is 2.19. The van der Waals surface area contributed by atoms with Gasteiger partial charge in [-0.2, -0.15) is 11.3 Å². The molecule has 0 radical (unpaired) electrons. The van der Waals surface area contributed by atoms with Crippen LogP contribution in [0.1, 0.15) is 12.8 Å². The molecule has 0 aliphatic carbocycles. The summed E-state index contributed by atoms with van der Waals surface area (Å²) < 4.78 is 30.2. The Labute approximate surface area is 101 Å². The van der Waals surface area contributed by atoms with Crippen molar-refractivity contribution in [2.24, 2.45) is 0 Å². The Kier molecular flexibility index (Phi) is 3.73. The zero-order valence-electron chi connectivity index (χ0n) is 8.91. The average Bonchev–Trinajstić information content (AvgIpc) is 2.81. The van der Waals surface area contributed by atoms with Gasteiger partial charge in [0.2, 0.25) is 0 Å². The van der Waals surface area contributed by atoms with E-state index < -0.39 is 18.1 Å². The van der Waals surface area contributed by atoms with Crippen molar-refractivity contribution in [2.45, 2.75) is 19.3 Å². The largest absolute Gasteiger partial charge is 0.491 e. The van der Waals surface area contributed by atoms with Gasteiger partial charge >= 0.3 is 0 Å². The van der Waals surface area contributed by atoms with Crippen molar-refractivity contribution < 1.29 is 18.3 Å². The number of rotatable bonds is 3. The maximum absolute atomic E-state index is 12.6. The van der Waals surface area contributed by atoms with E-state index in [1.165, 1.54) is 11.3 Å². The van der Waals surface area contributed by atoms with Crippen LogP contribution in [0.5, 0.6) is 0 Å². The van der Waals surface area contributed by atoms with Crippen LogP contribution in [0.3, 0.4) is 0 Å². The minimum Gasteiger partial charge on any atom is -0.491 e. The molecular weight excluding hydrogens is 248 g/mol. The number of nitrogens with one attached hydrogen (secondary N) is 1. The Hall–Kier alpha value is -1.43. The first-order valence-corrected chi connectivity index (χ1v) is 6.10. The van der Waals surface area contributed by atoms with Gasteiger partial charge in [0.05, 0.1) is 17.9 Å². The smallest absolute Gasteiger partial charge is 0.295 e. The third kappa shape index (κ3) is 2.82. The Morgan fingerprint density at radius 2 is 2.35 bits per heavy atom. The highest BCUT2D eigenvalue weighted by molar-refractivity contribution is 7.08. The van der Waals surface area contributed by atoms with Gasteiger partial charge in [-0.1, -0.05) is 0 Å². The highest BCUT2D eigenvalue weighted by Gasteiger charge is 2.26. The summed E-state index contributed by atoms with van der Waals surface area (Å²) in [7, 11) is 0. The number of ether oxygens (including phenoxy) is 1. The molecule has 6 heteroatoms. The lowest BCUT2D eigenvalue weighted by atomic mass is 10.1. The first-order chi connectivity index (χ1) is 8.18. The molecule has 0 aromatic carbocycles.